The van der Waals surface area contributed by atoms with Gasteiger partial charge in [0.15, 0.2) is 0 Å². The van der Waals surface area contributed by atoms with Gasteiger partial charge in [0, 0.05) is 0 Å². The smallest absolute Gasteiger partial charge is 0.240 e. The van der Waals surface area contributed by atoms with Crippen LogP contribution in [0.1, 0.15) is 51.9 Å². The maximum absolute atomic E-state index is 12.1. The first kappa shape index (κ1) is 10.6. The monoisotopic (exact) mass is 222 g/mol. The highest BCUT2D eigenvalue weighted by Crippen LogP contribution is 2.66. The van der Waals surface area contributed by atoms with E-state index < -0.39 is 0 Å². The summed E-state index contributed by atoms with van der Waals surface area (Å²) in [5.74, 6) is 7.07. The van der Waals surface area contributed by atoms with Crippen molar-refractivity contribution < 1.29 is 4.79 Å². The fraction of sp³-hybridized carbons (Fsp3) is 0.923. The molecule has 0 saturated heterocycles. The fourth-order valence-electron chi connectivity index (χ4n) is 5.28. The van der Waals surface area contributed by atoms with Crippen LogP contribution in [0.15, 0.2) is 0 Å². The van der Waals surface area contributed by atoms with Gasteiger partial charge in [0.05, 0.1) is 5.41 Å². The van der Waals surface area contributed by atoms with Gasteiger partial charge < -0.3 is 0 Å². The zero-order valence-corrected chi connectivity index (χ0v) is 10.1. The molecule has 0 aromatic heterocycles. The zero-order chi connectivity index (χ0) is 11.4. The molecule has 2 unspecified atom stereocenters. The quantitative estimate of drug-likeness (QED) is 0.426. The molecule has 0 spiro atoms. The SMILES string of the molecule is CCC12C[C@H]3C[C@@H](C1)CC(C(=O)NN)(C3)C2. The van der Waals surface area contributed by atoms with Gasteiger partial charge in [-0.2, -0.15) is 0 Å². The van der Waals surface area contributed by atoms with Gasteiger partial charge in [0.2, 0.25) is 5.91 Å². The second-order valence-corrected chi connectivity index (χ2v) is 6.57. The molecule has 90 valence electrons. The highest BCUT2D eigenvalue weighted by molar-refractivity contribution is 5.82. The predicted octanol–water partition coefficient (Wildman–Crippen LogP) is 1.97. The van der Waals surface area contributed by atoms with E-state index in [-0.39, 0.29) is 11.3 Å². The number of carbonyl (C=O) groups is 1. The molecule has 0 aliphatic heterocycles. The Kier molecular flexibility index (Phi) is 2.13. The van der Waals surface area contributed by atoms with Crippen molar-refractivity contribution in [1.82, 2.24) is 5.43 Å². The Morgan fingerprint density at radius 3 is 2.44 bits per heavy atom. The van der Waals surface area contributed by atoms with Crippen molar-refractivity contribution in [3.8, 4) is 0 Å². The van der Waals surface area contributed by atoms with Gasteiger partial charge in [-0.25, -0.2) is 5.84 Å². The molecule has 3 heteroatoms. The number of amides is 1. The standard InChI is InChI=1S/C13H22N2O/c1-2-12-4-9-3-10(5-12)7-13(6-9,8-12)11(16)15-14/h9-10H,2-8,14H2,1H3,(H,15,16)/t9-,10+,12?,13?. The van der Waals surface area contributed by atoms with Crippen molar-refractivity contribution in [3.05, 3.63) is 0 Å². The summed E-state index contributed by atoms with van der Waals surface area (Å²) in [6.45, 7) is 2.29. The molecule has 3 N–H and O–H groups in total. The number of hydrogen-bond acceptors (Lipinski definition) is 2. The minimum atomic E-state index is -0.102. The Hall–Kier alpha value is -0.570. The lowest BCUT2D eigenvalue weighted by Gasteiger charge is -2.61. The number of nitrogens with two attached hydrogens (primary N) is 1. The third-order valence-electron chi connectivity index (χ3n) is 5.55. The lowest BCUT2D eigenvalue weighted by molar-refractivity contribution is -0.157. The van der Waals surface area contributed by atoms with Crippen LogP contribution < -0.4 is 11.3 Å². The summed E-state index contributed by atoms with van der Waals surface area (Å²) in [5, 5.41) is 0. The average Bonchev–Trinajstić information content (AvgIpc) is 2.26. The van der Waals surface area contributed by atoms with E-state index in [9.17, 15) is 4.79 Å². The first-order valence-corrected chi connectivity index (χ1v) is 6.62. The van der Waals surface area contributed by atoms with Crippen molar-refractivity contribution >= 4 is 5.91 Å². The molecule has 4 aliphatic rings. The lowest BCUT2D eigenvalue weighted by atomic mass is 9.43. The summed E-state index contributed by atoms with van der Waals surface area (Å²) >= 11 is 0. The second-order valence-electron chi connectivity index (χ2n) is 6.57. The van der Waals surface area contributed by atoms with Crippen LogP contribution in [0.3, 0.4) is 0 Å². The number of hydrogen-bond donors (Lipinski definition) is 2. The van der Waals surface area contributed by atoms with E-state index >= 15 is 0 Å². The minimum absolute atomic E-state index is 0.102. The van der Waals surface area contributed by atoms with E-state index in [0.29, 0.717) is 5.41 Å². The van der Waals surface area contributed by atoms with Gasteiger partial charge in [0.25, 0.3) is 0 Å². The molecule has 0 heterocycles. The van der Waals surface area contributed by atoms with Gasteiger partial charge in [-0.15, -0.1) is 0 Å². The van der Waals surface area contributed by atoms with Gasteiger partial charge in [-0.1, -0.05) is 13.3 Å². The van der Waals surface area contributed by atoms with Crippen LogP contribution in [-0.2, 0) is 4.79 Å². The van der Waals surface area contributed by atoms with Crippen molar-refractivity contribution in [3.63, 3.8) is 0 Å². The molecular formula is C13H22N2O. The Morgan fingerprint density at radius 1 is 1.31 bits per heavy atom. The molecule has 0 aromatic rings. The van der Waals surface area contributed by atoms with E-state index in [1.807, 2.05) is 0 Å². The molecule has 0 aromatic carbocycles. The Morgan fingerprint density at radius 2 is 1.94 bits per heavy atom. The molecule has 4 bridgehead atoms. The molecule has 4 aliphatic carbocycles. The normalized spacial score (nSPS) is 49.4. The van der Waals surface area contributed by atoms with E-state index in [1.165, 1.54) is 25.7 Å². The van der Waals surface area contributed by atoms with E-state index in [0.717, 1.165) is 31.1 Å². The Balaban J connectivity index is 1.95. The highest BCUT2D eigenvalue weighted by atomic mass is 16.2. The van der Waals surface area contributed by atoms with Crippen LogP contribution in [0.2, 0.25) is 0 Å². The largest absolute Gasteiger partial charge is 0.294 e. The van der Waals surface area contributed by atoms with Gasteiger partial charge in [0.1, 0.15) is 0 Å². The second kappa shape index (κ2) is 3.22. The number of hydrazine groups is 1. The highest BCUT2D eigenvalue weighted by Gasteiger charge is 2.59. The van der Waals surface area contributed by atoms with Crippen LogP contribution in [-0.4, -0.2) is 5.91 Å². The first-order valence-electron chi connectivity index (χ1n) is 6.62. The maximum atomic E-state index is 12.1. The van der Waals surface area contributed by atoms with Crippen LogP contribution in [0.5, 0.6) is 0 Å². The van der Waals surface area contributed by atoms with Crippen LogP contribution in [0.4, 0.5) is 0 Å². The summed E-state index contributed by atoms with van der Waals surface area (Å²) in [6, 6.07) is 0. The zero-order valence-electron chi connectivity index (χ0n) is 10.1. The van der Waals surface area contributed by atoms with Gasteiger partial charge in [-0.3, -0.25) is 10.2 Å². The number of carbonyl (C=O) groups excluding carboxylic acids is 1. The Bertz CT molecular complexity index is 312. The summed E-state index contributed by atoms with van der Waals surface area (Å²) in [6.07, 6.45) is 8.59. The van der Waals surface area contributed by atoms with Crippen molar-refractivity contribution in [2.45, 2.75) is 51.9 Å². The number of rotatable bonds is 2. The molecule has 3 nitrogen and oxygen atoms in total. The van der Waals surface area contributed by atoms with E-state index in [4.69, 9.17) is 5.84 Å². The molecule has 16 heavy (non-hydrogen) atoms. The number of nitrogens with one attached hydrogen (secondary N) is 1. The summed E-state index contributed by atoms with van der Waals surface area (Å²) < 4.78 is 0. The van der Waals surface area contributed by atoms with Gasteiger partial charge >= 0.3 is 0 Å². The minimum Gasteiger partial charge on any atom is -0.294 e. The topological polar surface area (TPSA) is 55.1 Å². The van der Waals surface area contributed by atoms with Gasteiger partial charge in [-0.05, 0) is 55.8 Å². The van der Waals surface area contributed by atoms with Crippen LogP contribution >= 0.6 is 0 Å². The molecule has 4 rings (SSSR count). The lowest BCUT2D eigenvalue weighted by Crippen LogP contribution is -2.58. The molecule has 1 amide bonds. The molecular weight excluding hydrogens is 200 g/mol. The van der Waals surface area contributed by atoms with Crippen LogP contribution in [0.25, 0.3) is 0 Å². The summed E-state index contributed by atoms with van der Waals surface area (Å²) in [4.78, 5) is 12.1. The predicted molar refractivity (Wildman–Crippen MR) is 62.2 cm³/mol. The van der Waals surface area contributed by atoms with Crippen LogP contribution in [0, 0.1) is 22.7 Å². The third kappa shape index (κ3) is 1.27. The summed E-state index contributed by atoms with van der Waals surface area (Å²) in [5.41, 5.74) is 2.79. The third-order valence-corrected chi connectivity index (χ3v) is 5.55. The average molecular weight is 222 g/mol. The van der Waals surface area contributed by atoms with Crippen molar-refractivity contribution in [1.29, 1.82) is 0 Å². The van der Waals surface area contributed by atoms with E-state index in [1.54, 1.807) is 0 Å². The molecule has 4 fully saturated rings. The van der Waals surface area contributed by atoms with Crippen molar-refractivity contribution in [2.24, 2.45) is 28.5 Å². The Labute approximate surface area is 97.1 Å². The van der Waals surface area contributed by atoms with Crippen molar-refractivity contribution in [2.75, 3.05) is 0 Å². The first-order chi connectivity index (χ1) is 7.61. The molecule has 0 radical (unpaired) electrons. The summed E-state index contributed by atoms with van der Waals surface area (Å²) in [7, 11) is 0. The fourth-order valence-corrected chi connectivity index (χ4v) is 5.28. The molecule has 4 atom stereocenters. The van der Waals surface area contributed by atoms with E-state index in [2.05, 4.69) is 12.3 Å². The molecule has 4 saturated carbocycles. The maximum Gasteiger partial charge on any atom is 0.240 e.